The molecule has 1 saturated heterocycles. The Morgan fingerprint density at radius 3 is 2.81 bits per heavy atom. The number of aryl methyl sites for hydroxylation is 1. The molecule has 1 aromatic heterocycles. The van der Waals surface area contributed by atoms with E-state index in [2.05, 4.69) is 20.8 Å². The smallest absolute Gasteiger partial charge is 0.543 e. The molecular formula is C15H16N7NaO4S4. The number of nitriles is 1. The maximum absolute atomic E-state index is 13.0. The zero-order valence-electron chi connectivity index (χ0n) is 16.9. The van der Waals surface area contributed by atoms with Gasteiger partial charge in [-0.2, -0.15) is 5.26 Å². The standard InChI is InChI=1S/C15H17N7O4S4.Na/c1-21-14(18-19-20-21)30-6-8-5-29-13-15(27-2,17-9(23)7-28-4-3-16)12(26)22(13)10(8)11(24)25;/h13H,4-7H2,1-2H3,(H,17,23)(H,24,25);/q;+1/p-1/t13-,15+;/m1./s1. The molecule has 0 radical (unpaired) electrons. The van der Waals surface area contributed by atoms with Crippen molar-refractivity contribution in [3.05, 3.63) is 11.3 Å². The Bertz CT molecular complexity index is 952. The molecular weight excluding hydrogens is 493 g/mol. The van der Waals surface area contributed by atoms with Gasteiger partial charge in [0.1, 0.15) is 5.37 Å². The number of thioether (sulfide) groups is 4. The maximum Gasteiger partial charge on any atom is 1.00 e. The van der Waals surface area contributed by atoms with Crippen molar-refractivity contribution in [2.75, 3.05) is 29.3 Å². The summed E-state index contributed by atoms with van der Waals surface area (Å²) < 4.78 is 1.47. The van der Waals surface area contributed by atoms with E-state index in [9.17, 15) is 19.5 Å². The number of fused-ring (bicyclic) bond motifs is 1. The predicted molar refractivity (Wildman–Crippen MR) is 112 cm³/mol. The minimum Gasteiger partial charge on any atom is -0.543 e. The van der Waals surface area contributed by atoms with E-state index in [-0.39, 0.29) is 58.4 Å². The minimum atomic E-state index is -1.44. The van der Waals surface area contributed by atoms with E-state index in [1.165, 1.54) is 33.1 Å². The van der Waals surface area contributed by atoms with Crippen LogP contribution in [0.15, 0.2) is 16.4 Å². The molecule has 3 rings (SSSR count). The van der Waals surface area contributed by atoms with Crippen LogP contribution in [-0.4, -0.2) is 82.4 Å². The van der Waals surface area contributed by atoms with Crippen LogP contribution in [-0.2, 0) is 21.4 Å². The molecule has 16 heteroatoms. The summed E-state index contributed by atoms with van der Waals surface area (Å²) in [5.74, 6) is -1.48. The number of nitrogens with one attached hydrogen (secondary N) is 1. The number of aromatic nitrogens is 4. The minimum absolute atomic E-state index is 0. The fraction of sp³-hybridized carbons (Fsp3) is 0.533. The number of hydrogen-bond donors (Lipinski definition) is 1. The van der Waals surface area contributed by atoms with Gasteiger partial charge in [-0.1, -0.05) is 11.8 Å². The van der Waals surface area contributed by atoms with Crippen LogP contribution >= 0.6 is 47.0 Å². The second-order valence-electron chi connectivity index (χ2n) is 6.09. The van der Waals surface area contributed by atoms with Crippen molar-refractivity contribution in [1.29, 1.82) is 5.26 Å². The molecule has 2 aliphatic rings. The quantitative estimate of drug-likeness (QED) is 0.112. The molecule has 3 heterocycles. The third kappa shape index (κ3) is 5.21. The number of rotatable bonds is 9. The van der Waals surface area contributed by atoms with E-state index < -0.39 is 22.1 Å². The van der Waals surface area contributed by atoms with Crippen LogP contribution in [0.5, 0.6) is 0 Å². The molecule has 1 N–H and O–H groups in total. The van der Waals surface area contributed by atoms with Gasteiger partial charge in [-0.3, -0.25) is 14.5 Å². The van der Waals surface area contributed by atoms with Crippen molar-refractivity contribution in [2.24, 2.45) is 7.05 Å². The number of nitrogens with zero attached hydrogens (tertiary/aromatic N) is 6. The molecule has 0 bridgehead atoms. The van der Waals surface area contributed by atoms with Crippen molar-refractivity contribution in [3.8, 4) is 6.07 Å². The Hall–Kier alpha value is -0.890. The molecule has 2 aliphatic heterocycles. The van der Waals surface area contributed by atoms with Gasteiger partial charge in [-0.15, -0.1) is 40.4 Å². The van der Waals surface area contributed by atoms with Crippen LogP contribution in [0.2, 0.25) is 0 Å². The Balaban J connectivity index is 0.00000341. The van der Waals surface area contributed by atoms with Crippen molar-refractivity contribution < 1.29 is 49.0 Å². The van der Waals surface area contributed by atoms with E-state index >= 15 is 0 Å². The number of carboxylic acids is 1. The molecule has 2 amide bonds. The molecule has 1 aromatic rings. The first kappa shape index (κ1) is 26.4. The normalized spacial score (nSPS) is 22.2. The molecule has 0 unspecified atom stereocenters. The van der Waals surface area contributed by atoms with E-state index in [1.54, 1.807) is 13.3 Å². The Kier molecular flexibility index (Phi) is 9.61. The van der Waals surface area contributed by atoms with Crippen molar-refractivity contribution in [2.45, 2.75) is 15.4 Å². The summed E-state index contributed by atoms with van der Waals surface area (Å²) >= 11 is 4.94. The Morgan fingerprint density at radius 2 is 2.23 bits per heavy atom. The number of tetrazole rings is 1. The van der Waals surface area contributed by atoms with E-state index in [4.69, 9.17) is 5.26 Å². The second-order valence-corrected chi connectivity index (χ2v) is 10.1. The number of carbonyl (C=O) groups is 3. The summed E-state index contributed by atoms with van der Waals surface area (Å²) in [5, 5.41) is 34.3. The van der Waals surface area contributed by atoms with Crippen LogP contribution in [0.3, 0.4) is 0 Å². The van der Waals surface area contributed by atoms with Gasteiger partial charge in [0.15, 0.2) is 4.87 Å². The average molecular weight is 510 g/mol. The molecule has 31 heavy (non-hydrogen) atoms. The summed E-state index contributed by atoms with van der Waals surface area (Å²) in [6.45, 7) is 0. The first-order valence-corrected chi connectivity index (χ1v) is 12.8. The van der Waals surface area contributed by atoms with Crippen LogP contribution in [0.1, 0.15) is 0 Å². The number of carboxylic acid groups (broad SMARTS) is 1. The number of β-lactam (4-membered cyclic amide) rings is 1. The fourth-order valence-electron chi connectivity index (χ4n) is 2.97. The average Bonchev–Trinajstić information content (AvgIpc) is 3.14. The summed E-state index contributed by atoms with van der Waals surface area (Å²) in [6, 6.07) is 1.93. The van der Waals surface area contributed by atoms with E-state index in [0.717, 1.165) is 23.5 Å². The van der Waals surface area contributed by atoms with Gasteiger partial charge in [0.05, 0.1) is 29.2 Å². The van der Waals surface area contributed by atoms with Crippen LogP contribution in [0, 0.1) is 11.3 Å². The van der Waals surface area contributed by atoms with Gasteiger partial charge in [0.25, 0.3) is 5.91 Å². The molecule has 0 spiro atoms. The topological polar surface area (TPSA) is 157 Å². The molecule has 0 saturated carbocycles. The molecule has 0 aromatic carbocycles. The van der Waals surface area contributed by atoms with Gasteiger partial charge in [-0.05, 0) is 22.3 Å². The summed E-state index contributed by atoms with van der Waals surface area (Å²) in [6.07, 6.45) is 1.69. The van der Waals surface area contributed by atoms with Gasteiger partial charge in [0.2, 0.25) is 11.1 Å². The van der Waals surface area contributed by atoms with Gasteiger partial charge < -0.3 is 15.2 Å². The summed E-state index contributed by atoms with van der Waals surface area (Å²) in [7, 11) is 1.67. The van der Waals surface area contributed by atoms with Gasteiger partial charge in [-0.25, -0.2) is 4.68 Å². The zero-order valence-corrected chi connectivity index (χ0v) is 22.1. The SMILES string of the molecule is CS[C@@]1(NC(=O)CSCC#N)C(=O)N2C(C(=O)[O-])=C(CSc3nnnn3C)CS[C@@H]21.[Na+]. The first-order chi connectivity index (χ1) is 14.4. The number of hydrogen-bond acceptors (Lipinski definition) is 12. The second kappa shape index (κ2) is 11.3. The predicted octanol–water partition coefficient (Wildman–Crippen LogP) is -4.34. The molecule has 11 nitrogen and oxygen atoms in total. The largest absolute Gasteiger partial charge is 1.00 e. The zero-order chi connectivity index (χ0) is 21.9. The van der Waals surface area contributed by atoms with Crippen molar-refractivity contribution in [1.82, 2.24) is 30.4 Å². The van der Waals surface area contributed by atoms with Crippen molar-refractivity contribution >= 4 is 64.8 Å². The Morgan fingerprint density at radius 1 is 1.48 bits per heavy atom. The fourth-order valence-corrected chi connectivity index (χ4v) is 7.04. The monoisotopic (exact) mass is 509 g/mol. The summed E-state index contributed by atoms with van der Waals surface area (Å²) in [5.41, 5.74) is 0.368. The van der Waals surface area contributed by atoms with Crippen LogP contribution < -0.4 is 40.0 Å². The van der Waals surface area contributed by atoms with E-state index in [1.807, 2.05) is 6.07 Å². The molecule has 160 valence electrons. The molecule has 2 atom stereocenters. The number of aliphatic carboxylic acids is 1. The first-order valence-electron chi connectivity index (χ1n) is 8.40. The maximum atomic E-state index is 13.0. The Labute approximate surface area is 217 Å². The molecule has 0 aliphatic carbocycles. The number of carbonyl (C=O) groups excluding carboxylic acids is 3. The van der Waals surface area contributed by atoms with Gasteiger partial charge in [0, 0.05) is 18.6 Å². The molecule has 1 fully saturated rings. The van der Waals surface area contributed by atoms with Crippen molar-refractivity contribution in [3.63, 3.8) is 0 Å². The summed E-state index contributed by atoms with van der Waals surface area (Å²) in [4.78, 5) is 37.1. The number of amides is 2. The van der Waals surface area contributed by atoms with Gasteiger partial charge >= 0.3 is 29.6 Å². The van der Waals surface area contributed by atoms with Crippen LogP contribution in [0.25, 0.3) is 0 Å². The third-order valence-electron chi connectivity index (χ3n) is 4.31. The van der Waals surface area contributed by atoms with E-state index in [0.29, 0.717) is 16.5 Å². The third-order valence-corrected chi connectivity index (χ3v) is 8.89. The van der Waals surface area contributed by atoms with Crippen LogP contribution in [0.4, 0.5) is 0 Å².